The third-order valence-electron chi connectivity index (χ3n) is 3.82. The van der Waals surface area contributed by atoms with Crippen molar-refractivity contribution in [3.8, 4) is 0 Å². The normalized spacial score (nSPS) is 23.5. The number of nitrogens with one attached hydrogen (secondary N) is 2. The van der Waals surface area contributed by atoms with Crippen LogP contribution in [0.5, 0.6) is 0 Å². The summed E-state index contributed by atoms with van der Waals surface area (Å²) in [6, 6.07) is 5.17. The fourth-order valence-electron chi connectivity index (χ4n) is 2.61. The first-order valence-corrected chi connectivity index (χ1v) is 6.63. The molecule has 2 aliphatic heterocycles. The number of non-ortho nitro benzene ring substituents is 1. The maximum Gasteiger partial charge on any atom is 0.327 e. The molecule has 22 heavy (non-hydrogen) atoms. The zero-order valence-corrected chi connectivity index (χ0v) is 11.7. The lowest BCUT2D eigenvalue weighted by Gasteiger charge is -2.30. The van der Waals surface area contributed by atoms with Crippen LogP contribution < -0.4 is 10.6 Å². The molecule has 0 spiro atoms. The number of fused-ring (bicyclic) bond motifs is 1. The largest absolute Gasteiger partial charge is 0.327 e. The lowest BCUT2D eigenvalue weighted by molar-refractivity contribution is -0.561. The molecule has 2 N–H and O–H groups in total. The zero-order valence-electron chi connectivity index (χ0n) is 11.7. The van der Waals surface area contributed by atoms with Gasteiger partial charge in [-0.25, -0.2) is 9.37 Å². The molecule has 0 bridgehead atoms. The van der Waals surface area contributed by atoms with Gasteiger partial charge in [-0.3, -0.25) is 30.4 Å². The standard InChI is InChI=1S/C13H13N5O4/c1-16-11-10(12(19)15-13(16)20)17(7-14-11)6-8-2-4-9(5-3-8)18(21)22/h2-5,7,10-11H,6H2,1H3,(H,15,19,20)/p+1/t10-,11+/m1/s1. The number of likely N-dealkylation sites (N-methyl/N-ethyl adjacent to an activating group) is 1. The van der Waals surface area contributed by atoms with Crippen molar-refractivity contribution < 1.29 is 19.1 Å². The molecule has 1 aromatic carbocycles. The molecule has 0 aliphatic carbocycles. The summed E-state index contributed by atoms with van der Waals surface area (Å²) in [5, 5.41) is 15.9. The maximum absolute atomic E-state index is 12.0. The summed E-state index contributed by atoms with van der Waals surface area (Å²) < 4.78 is 1.77. The van der Waals surface area contributed by atoms with Crippen molar-refractivity contribution in [1.29, 1.82) is 0 Å². The average molecular weight is 304 g/mol. The Bertz CT molecular complexity index is 684. The summed E-state index contributed by atoms with van der Waals surface area (Å²) in [6.45, 7) is 0.404. The summed E-state index contributed by atoms with van der Waals surface area (Å²) in [5.41, 5.74) is 0.850. The van der Waals surface area contributed by atoms with Gasteiger partial charge in [0.15, 0.2) is 0 Å². The van der Waals surface area contributed by atoms with Crippen LogP contribution in [0.4, 0.5) is 10.5 Å². The van der Waals surface area contributed by atoms with Gasteiger partial charge in [0.2, 0.25) is 18.5 Å². The van der Waals surface area contributed by atoms with Crippen LogP contribution in [0.2, 0.25) is 0 Å². The van der Waals surface area contributed by atoms with Crippen LogP contribution >= 0.6 is 0 Å². The van der Waals surface area contributed by atoms with E-state index in [-0.39, 0.29) is 11.6 Å². The maximum atomic E-state index is 12.0. The molecule has 0 saturated carbocycles. The summed E-state index contributed by atoms with van der Waals surface area (Å²) in [7, 11) is 1.61. The van der Waals surface area contributed by atoms with Crippen LogP contribution in [0, 0.1) is 10.1 Å². The lowest BCUT2D eigenvalue weighted by atomic mass is 10.1. The van der Waals surface area contributed by atoms with Gasteiger partial charge in [-0.05, 0) is 17.7 Å². The minimum absolute atomic E-state index is 0.0193. The number of nitro groups is 1. The number of rotatable bonds is 3. The molecule has 2 heterocycles. The van der Waals surface area contributed by atoms with E-state index in [9.17, 15) is 19.7 Å². The van der Waals surface area contributed by atoms with Crippen LogP contribution in [0.25, 0.3) is 0 Å². The van der Waals surface area contributed by atoms with Crippen molar-refractivity contribution in [3.63, 3.8) is 0 Å². The van der Waals surface area contributed by atoms with E-state index in [4.69, 9.17) is 0 Å². The van der Waals surface area contributed by atoms with Crippen molar-refractivity contribution >= 4 is 24.0 Å². The topological polar surface area (TPSA) is 108 Å². The second kappa shape index (κ2) is 5.10. The Morgan fingerprint density at radius 1 is 1.32 bits per heavy atom. The number of imide groups is 1. The fourth-order valence-corrected chi connectivity index (χ4v) is 2.61. The Hall–Kier alpha value is -2.97. The van der Waals surface area contributed by atoms with Gasteiger partial charge in [0.25, 0.3) is 11.6 Å². The van der Waals surface area contributed by atoms with Gasteiger partial charge in [-0.2, -0.15) is 0 Å². The molecule has 2 atom stereocenters. The predicted octanol–water partition coefficient (Wildman–Crippen LogP) is -0.385. The molecule has 0 unspecified atom stereocenters. The van der Waals surface area contributed by atoms with Crippen LogP contribution in [0.3, 0.4) is 0 Å². The van der Waals surface area contributed by atoms with Gasteiger partial charge in [-0.15, -0.1) is 0 Å². The van der Waals surface area contributed by atoms with Crippen LogP contribution in [0.1, 0.15) is 5.56 Å². The molecule has 1 aromatic rings. The molecule has 1 fully saturated rings. The van der Waals surface area contributed by atoms with Crippen molar-refractivity contribution in [2.75, 3.05) is 7.05 Å². The van der Waals surface area contributed by atoms with E-state index in [0.29, 0.717) is 6.54 Å². The van der Waals surface area contributed by atoms with E-state index >= 15 is 0 Å². The van der Waals surface area contributed by atoms with E-state index in [0.717, 1.165) is 5.56 Å². The minimum Gasteiger partial charge on any atom is -0.284 e. The number of nitro benzene ring substituents is 1. The number of hydrogen-bond donors (Lipinski definition) is 2. The fraction of sp³-hybridized carbons (Fsp3) is 0.308. The van der Waals surface area contributed by atoms with E-state index < -0.39 is 23.2 Å². The molecule has 3 rings (SSSR count). The molecular formula is C13H14N5O4+. The number of carbonyl (C=O) groups is 2. The molecule has 2 aliphatic rings. The Balaban J connectivity index is 1.77. The lowest BCUT2D eigenvalue weighted by Crippen LogP contribution is -2.65. The number of hydrogen-bond acceptors (Lipinski definition) is 5. The highest BCUT2D eigenvalue weighted by Gasteiger charge is 2.49. The Morgan fingerprint density at radius 3 is 2.64 bits per heavy atom. The smallest absolute Gasteiger partial charge is 0.284 e. The van der Waals surface area contributed by atoms with Crippen LogP contribution in [-0.2, 0) is 11.3 Å². The molecule has 9 nitrogen and oxygen atoms in total. The first-order chi connectivity index (χ1) is 10.5. The third kappa shape index (κ3) is 2.26. The first-order valence-electron chi connectivity index (χ1n) is 6.63. The van der Waals surface area contributed by atoms with Crippen LogP contribution in [-0.4, -0.2) is 51.9 Å². The Kier molecular flexibility index (Phi) is 3.24. The van der Waals surface area contributed by atoms with E-state index in [1.54, 1.807) is 30.1 Å². The molecule has 114 valence electrons. The second-order valence-electron chi connectivity index (χ2n) is 5.19. The van der Waals surface area contributed by atoms with E-state index in [2.05, 4.69) is 10.6 Å². The van der Waals surface area contributed by atoms with Crippen LogP contribution in [0.15, 0.2) is 24.3 Å². The first kappa shape index (κ1) is 14.0. The SMILES string of the molecule is CN1C(=O)NC(=O)[C@H]2[C@H]1NC=[N+]2Cc1ccc([N+](=O)[O-])cc1. The monoisotopic (exact) mass is 304 g/mol. The summed E-state index contributed by atoms with van der Waals surface area (Å²) in [5.74, 6) is -0.365. The van der Waals surface area contributed by atoms with E-state index in [1.807, 2.05) is 0 Å². The highest BCUT2D eigenvalue weighted by atomic mass is 16.6. The second-order valence-corrected chi connectivity index (χ2v) is 5.19. The summed E-state index contributed by atoms with van der Waals surface area (Å²) in [4.78, 5) is 35.2. The molecule has 0 aromatic heterocycles. The van der Waals surface area contributed by atoms with Gasteiger partial charge < -0.3 is 0 Å². The summed E-state index contributed by atoms with van der Waals surface area (Å²) >= 11 is 0. The highest BCUT2D eigenvalue weighted by Crippen LogP contribution is 2.17. The zero-order chi connectivity index (χ0) is 15.9. The van der Waals surface area contributed by atoms with Gasteiger partial charge >= 0.3 is 6.03 Å². The number of nitrogens with zero attached hydrogens (tertiary/aromatic N) is 3. The molecule has 1 saturated heterocycles. The molecule has 9 heteroatoms. The number of benzene rings is 1. The number of carbonyl (C=O) groups excluding carboxylic acids is 2. The van der Waals surface area contributed by atoms with Gasteiger partial charge in [0.1, 0.15) is 6.54 Å². The van der Waals surface area contributed by atoms with Gasteiger partial charge in [0, 0.05) is 19.2 Å². The van der Waals surface area contributed by atoms with Crippen molar-refractivity contribution in [2.45, 2.75) is 18.8 Å². The van der Waals surface area contributed by atoms with Crippen molar-refractivity contribution in [2.24, 2.45) is 0 Å². The molecule has 3 amide bonds. The third-order valence-corrected chi connectivity index (χ3v) is 3.82. The van der Waals surface area contributed by atoms with Crippen molar-refractivity contribution in [1.82, 2.24) is 15.5 Å². The van der Waals surface area contributed by atoms with E-state index in [1.165, 1.54) is 17.0 Å². The quantitative estimate of drug-likeness (QED) is 0.449. The van der Waals surface area contributed by atoms with Crippen molar-refractivity contribution in [3.05, 3.63) is 39.9 Å². The van der Waals surface area contributed by atoms with Gasteiger partial charge in [-0.1, -0.05) is 0 Å². The minimum atomic E-state index is -0.530. The predicted molar refractivity (Wildman–Crippen MR) is 75.1 cm³/mol. The Morgan fingerprint density at radius 2 is 2.00 bits per heavy atom. The summed E-state index contributed by atoms with van der Waals surface area (Å²) in [6.07, 6.45) is 1.24. The van der Waals surface area contributed by atoms with Gasteiger partial charge in [0.05, 0.1) is 4.92 Å². The molecule has 0 radical (unpaired) electrons. The molecular weight excluding hydrogens is 290 g/mol. The number of amides is 3. The number of urea groups is 1. The highest BCUT2D eigenvalue weighted by molar-refractivity contribution is 6.00. The Labute approximate surface area is 125 Å². The average Bonchev–Trinajstić information content (AvgIpc) is 2.90.